The van der Waals surface area contributed by atoms with Gasteiger partial charge in [-0.15, -0.1) is 0 Å². The van der Waals surface area contributed by atoms with Crippen LogP contribution in [0.25, 0.3) is 0 Å². The van der Waals surface area contributed by atoms with Crippen LogP contribution in [0.1, 0.15) is 71.6 Å². The first kappa shape index (κ1) is 16.3. The summed E-state index contributed by atoms with van der Waals surface area (Å²) in [5.41, 5.74) is 0. The van der Waals surface area contributed by atoms with E-state index in [9.17, 15) is 0 Å². The molecular formula is C18H36N2. The summed E-state index contributed by atoms with van der Waals surface area (Å²) in [6.45, 7) is 9.75. The third-order valence-corrected chi connectivity index (χ3v) is 5.32. The Balaban J connectivity index is 1.63. The van der Waals surface area contributed by atoms with Crippen molar-refractivity contribution in [3.05, 3.63) is 0 Å². The van der Waals surface area contributed by atoms with Gasteiger partial charge in [-0.1, -0.05) is 39.5 Å². The fraction of sp³-hybridized carbons (Fsp3) is 1.00. The quantitative estimate of drug-likeness (QED) is 0.641. The fourth-order valence-corrected chi connectivity index (χ4v) is 3.91. The summed E-state index contributed by atoms with van der Waals surface area (Å²) in [5, 5.41) is 3.73. The topological polar surface area (TPSA) is 15.3 Å². The van der Waals surface area contributed by atoms with Crippen molar-refractivity contribution in [1.29, 1.82) is 0 Å². The third-order valence-electron chi connectivity index (χ3n) is 5.32. The minimum atomic E-state index is 0.838. The van der Waals surface area contributed by atoms with Crippen LogP contribution in [0.3, 0.4) is 0 Å². The molecule has 0 heterocycles. The lowest BCUT2D eigenvalue weighted by Gasteiger charge is -2.29. The van der Waals surface area contributed by atoms with Crippen LogP contribution in [-0.2, 0) is 0 Å². The molecule has 2 rings (SSSR count). The van der Waals surface area contributed by atoms with Gasteiger partial charge in [0.1, 0.15) is 0 Å². The van der Waals surface area contributed by atoms with Crippen LogP contribution >= 0.6 is 0 Å². The molecule has 0 aromatic carbocycles. The highest BCUT2D eigenvalue weighted by Crippen LogP contribution is 2.25. The van der Waals surface area contributed by atoms with Crippen molar-refractivity contribution in [1.82, 2.24) is 10.2 Å². The third kappa shape index (κ3) is 5.73. The van der Waals surface area contributed by atoms with Gasteiger partial charge in [-0.2, -0.15) is 0 Å². The molecule has 2 aliphatic carbocycles. The van der Waals surface area contributed by atoms with Crippen molar-refractivity contribution in [2.75, 3.05) is 26.2 Å². The standard InChI is InChI=1S/C18H36N2/c1-16(2)11-13-20(18-9-5-6-10-18)14-12-19-15-17-7-3-4-8-17/h16-19H,3-15H2,1-2H3. The van der Waals surface area contributed by atoms with Gasteiger partial charge in [-0.25, -0.2) is 0 Å². The first-order chi connectivity index (χ1) is 9.75. The van der Waals surface area contributed by atoms with Gasteiger partial charge in [0.15, 0.2) is 0 Å². The molecule has 1 N–H and O–H groups in total. The lowest BCUT2D eigenvalue weighted by Crippen LogP contribution is -2.40. The smallest absolute Gasteiger partial charge is 0.0110 e. The van der Waals surface area contributed by atoms with Gasteiger partial charge < -0.3 is 5.32 Å². The molecule has 0 aromatic heterocycles. The lowest BCUT2D eigenvalue weighted by atomic mass is 10.1. The summed E-state index contributed by atoms with van der Waals surface area (Å²) in [6, 6.07) is 0.891. The maximum absolute atomic E-state index is 3.73. The Morgan fingerprint density at radius 2 is 1.60 bits per heavy atom. The Morgan fingerprint density at radius 3 is 2.25 bits per heavy atom. The highest BCUT2D eigenvalue weighted by atomic mass is 15.2. The largest absolute Gasteiger partial charge is 0.315 e. The normalized spacial score (nSPS) is 21.6. The molecule has 2 aliphatic rings. The molecule has 0 saturated heterocycles. The van der Waals surface area contributed by atoms with E-state index >= 15 is 0 Å². The fourth-order valence-electron chi connectivity index (χ4n) is 3.91. The average Bonchev–Trinajstić information content (AvgIpc) is 3.10. The molecule has 20 heavy (non-hydrogen) atoms. The van der Waals surface area contributed by atoms with Crippen molar-refractivity contribution in [2.24, 2.45) is 11.8 Å². The van der Waals surface area contributed by atoms with E-state index in [0.717, 1.165) is 17.9 Å². The highest BCUT2D eigenvalue weighted by Gasteiger charge is 2.22. The minimum absolute atomic E-state index is 0.838. The van der Waals surface area contributed by atoms with E-state index in [4.69, 9.17) is 0 Å². The van der Waals surface area contributed by atoms with Crippen LogP contribution in [-0.4, -0.2) is 37.1 Å². The van der Waals surface area contributed by atoms with Gasteiger partial charge in [0.2, 0.25) is 0 Å². The molecule has 0 unspecified atom stereocenters. The molecule has 2 fully saturated rings. The van der Waals surface area contributed by atoms with Crippen molar-refractivity contribution in [3.8, 4) is 0 Å². The van der Waals surface area contributed by atoms with Crippen molar-refractivity contribution in [2.45, 2.75) is 77.7 Å². The van der Waals surface area contributed by atoms with Gasteiger partial charge >= 0.3 is 0 Å². The van der Waals surface area contributed by atoms with E-state index in [2.05, 4.69) is 24.1 Å². The molecule has 0 radical (unpaired) electrons. The Labute approximate surface area is 126 Å². The average molecular weight is 280 g/mol. The van der Waals surface area contributed by atoms with Crippen molar-refractivity contribution >= 4 is 0 Å². The van der Waals surface area contributed by atoms with E-state index < -0.39 is 0 Å². The Hall–Kier alpha value is -0.0800. The second-order valence-electron chi connectivity index (χ2n) is 7.51. The molecule has 2 saturated carbocycles. The first-order valence-electron chi connectivity index (χ1n) is 9.20. The van der Waals surface area contributed by atoms with Gasteiger partial charge in [0.25, 0.3) is 0 Å². The van der Waals surface area contributed by atoms with Crippen LogP contribution in [0.4, 0.5) is 0 Å². The molecule has 0 amide bonds. The summed E-state index contributed by atoms with van der Waals surface area (Å²) in [5.74, 6) is 1.82. The summed E-state index contributed by atoms with van der Waals surface area (Å²) in [7, 11) is 0. The number of hydrogen-bond acceptors (Lipinski definition) is 2. The summed E-state index contributed by atoms with van der Waals surface area (Å²) in [6.07, 6.45) is 13.0. The van der Waals surface area contributed by atoms with E-state index in [-0.39, 0.29) is 0 Å². The molecule has 2 nitrogen and oxygen atoms in total. The zero-order chi connectivity index (χ0) is 14.2. The van der Waals surface area contributed by atoms with E-state index in [1.165, 1.54) is 84.0 Å². The first-order valence-corrected chi connectivity index (χ1v) is 9.20. The van der Waals surface area contributed by atoms with Gasteiger partial charge in [-0.05, 0) is 57.0 Å². The zero-order valence-electron chi connectivity index (χ0n) is 13.9. The van der Waals surface area contributed by atoms with E-state index in [1.807, 2.05) is 0 Å². The SMILES string of the molecule is CC(C)CCN(CCNCC1CCCC1)C1CCCC1. The number of rotatable bonds is 9. The predicted molar refractivity (Wildman–Crippen MR) is 88.1 cm³/mol. The maximum Gasteiger partial charge on any atom is 0.0110 e. The lowest BCUT2D eigenvalue weighted by molar-refractivity contribution is 0.188. The molecule has 0 bridgehead atoms. The van der Waals surface area contributed by atoms with Gasteiger partial charge in [-0.3, -0.25) is 4.90 Å². The number of nitrogens with one attached hydrogen (secondary N) is 1. The van der Waals surface area contributed by atoms with Gasteiger partial charge in [0.05, 0.1) is 0 Å². The molecular weight excluding hydrogens is 244 g/mol. The Morgan fingerprint density at radius 1 is 0.950 bits per heavy atom. The Bertz CT molecular complexity index is 240. The second kappa shape index (κ2) is 9.04. The summed E-state index contributed by atoms with van der Waals surface area (Å²) in [4.78, 5) is 2.79. The molecule has 0 atom stereocenters. The predicted octanol–water partition coefficient (Wildman–Crippen LogP) is 4.06. The highest BCUT2D eigenvalue weighted by molar-refractivity contribution is 4.78. The van der Waals surface area contributed by atoms with Crippen molar-refractivity contribution < 1.29 is 0 Å². The van der Waals surface area contributed by atoms with E-state index in [1.54, 1.807) is 0 Å². The number of hydrogen-bond donors (Lipinski definition) is 1. The van der Waals surface area contributed by atoms with Crippen molar-refractivity contribution in [3.63, 3.8) is 0 Å². The molecule has 0 aliphatic heterocycles. The van der Waals surface area contributed by atoms with Crippen LogP contribution in [0.2, 0.25) is 0 Å². The van der Waals surface area contributed by atoms with E-state index in [0.29, 0.717) is 0 Å². The Kier molecular flexibility index (Phi) is 7.37. The molecule has 118 valence electrons. The summed E-state index contributed by atoms with van der Waals surface area (Å²) < 4.78 is 0. The van der Waals surface area contributed by atoms with Crippen LogP contribution in [0.15, 0.2) is 0 Å². The molecule has 2 heteroatoms. The number of nitrogens with zero attached hydrogens (tertiary/aromatic N) is 1. The van der Waals surface area contributed by atoms with Crippen LogP contribution in [0.5, 0.6) is 0 Å². The zero-order valence-corrected chi connectivity index (χ0v) is 13.9. The second-order valence-corrected chi connectivity index (χ2v) is 7.51. The van der Waals surface area contributed by atoms with Crippen LogP contribution in [0, 0.1) is 11.8 Å². The van der Waals surface area contributed by atoms with Gasteiger partial charge in [0, 0.05) is 19.1 Å². The maximum atomic E-state index is 3.73. The van der Waals surface area contributed by atoms with Crippen LogP contribution < -0.4 is 5.32 Å². The minimum Gasteiger partial charge on any atom is -0.315 e. The monoisotopic (exact) mass is 280 g/mol. The summed E-state index contributed by atoms with van der Waals surface area (Å²) >= 11 is 0. The molecule has 0 aromatic rings. The molecule has 0 spiro atoms.